The lowest BCUT2D eigenvalue weighted by Gasteiger charge is -2.46. The number of halogens is 2. The van der Waals surface area contributed by atoms with Crippen LogP contribution in [0.2, 0.25) is 24.2 Å². The molecule has 1 aliphatic heterocycles. The molecule has 0 aromatic rings. The maximum Gasteiger partial charge on any atom is 0.248 e. The third-order valence-corrected chi connectivity index (χ3v) is 13.5. The second-order valence-corrected chi connectivity index (χ2v) is 14.8. The van der Waals surface area contributed by atoms with Gasteiger partial charge in [0, 0.05) is 12.8 Å². The predicted molar refractivity (Wildman–Crippen MR) is 101 cm³/mol. The number of rotatable bonds is 4. The molecule has 0 unspecified atom stereocenters. The number of hydrogen-bond donors (Lipinski definition) is 0. The van der Waals surface area contributed by atoms with Gasteiger partial charge in [0.25, 0.3) is 0 Å². The summed E-state index contributed by atoms with van der Waals surface area (Å²) in [5, 5.41) is 0. The van der Waals surface area contributed by atoms with Crippen LogP contribution in [0.5, 0.6) is 0 Å². The fourth-order valence-corrected chi connectivity index (χ4v) is 11.1. The van der Waals surface area contributed by atoms with Crippen LogP contribution in [0.15, 0.2) is 0 Å². The standard InChI is InChI=1S/C21H38F2Si/c1-3-4-17-5-7-20(8-6-17)24(2)15-11-19(12-16-24)18-9-13-21(22,23)14-10-18/h17-20H,3-16H2,1-2H3. The van der Waals surface area contributed by atoms with E-state index in [4.69, 9.17) is 0 Å². The molecule has 0 atom stereocenters. The summed E-state index contributed by atoms with van der Waals surface area (Å²) < 4.78 is 26.8. The second-order valence-electron chi connectivity index (χ2n) is 9.69. The van der Waals surface area contributed by atoms with E-state index in [-0.39, 0.29) is 12.8 Å². The third-order valence-electron chi connectivity index (χ3n) is 8.13. The highest BCUT2D eigenvalue weighted by Gasteiger charge is 2.44. The van der Waals surface area contributed by atoms with Crippen molar-refractivity contribution in [1.82, 2.24) is 0 Å². The van der Waals surface area contributed by atoms with E-state index in [1.54, 1.807) is 0 Å². The van der Waals surface area contributed by atoms with Crippen LogP contribution in [0.1, 0.15) is 84.0 Å². The van der Waals surface area contributed by atoms with Gasteiger partial charge in [-0.1, -0.05) is 76.9 Å². The first-order valence-electron chi connectivity index (χ1n) is 10.8. The van der Waals surface area contributed by atoms with Crippen molar-refractivity contribution in [2.45, 2.75) is 114 Å². The molecule has 3 fully saturated rings. The van der Waals surface area contributed by atoms with Crippen molar-refractivity contribution in [3.05, 3.63) is 0 Å². The van der Waals surface area contributed by atoms with E-state index in [1.165, 1.54) is 63.5 Å². The summed E-state index contributed by atoms with van der Waals surface area (Å²) in [5.41, 5.74) is 1.07. The van der Waals surface area contributed by atoms with Crippen LogP contribution in [-0.2, 0) is 0 Å². The first kappa shape index (κ1) is 18.9. The molecule has 3 rings (SSSR count). The predicted octanol–water partition coefficient (Wildman–Crippen LogP) is 7.66. The van der Waals surface area contributed by atoms with E-state index in [1.807, 2.05) is 0 Å². The molecular weight excluding hydrogens is 318 g/mol. The van der Waals surface area contributed by atoms with Crippen LogP contribution < -0.4 is 0 Å². The summed E-state index contributed by atoms with van der Waals surface area (Å²) in [4.78, 5) is 0. The molecule has 0 aromatic heterocycles. The Morgan fingerprint density at radius 2 is 1.38 bits per heavy atom. The van der Waals surface area contributed by atoms with Gasteiger partial charge >= 0.3 is 0 Å². The molecule has 1 heterocycles. The van der Waals surface area contributed by atoms with Gasteiger partial charge in [0.1, 0.15) is 0 Å². The van der Waals surface area contributed by atoms with Gasteiger partial charge in [-0.3, -0.25) is 0 Å². The Labute approximate surface area is 149 Å². The Balaban J connectivity index is 1.46. The summed E-state index contributed by atoms with van der Waals surface area (Å²) in [6.07, 6.45) is 13.4. The Morgan fingerprint density at radius 3 is 1.92 bits per heavy atom. The number of alkyl halides is 2. The van der Waals surface area contributed by atoms with Crippen molar-refractivity contribution in [2.75, 3.05) is 0 Å². The SMILES string of the molecule is CCCC1CCC([Si]2(C)CCC(C3CCC(F)(F)CC3)CC2)CC1. The van der Waals surface area contributed by atoms with Crippen molar-refractivity contribution in [2.24, 2.45) is 17.8 Å². The molecule has 0 radical (unpaired) electrons. The van der Waals surface area contributed by atoms with Crippen LogP contribution in [0.25, 0.3) is 0 Å². The van der Waals surface area contributed by atoms with Crippen LogP contribution in [0.3, 0.4) is 0 Å². The average Bonchev–Trinajstić information content (AvgIpc) is 2.57. The smallest absolute Gasteiger partial charge is 0.207 e. The molecule has 0 nitrogen and oxygen atoms in total. The first-order chi connectivity index (χ1) is 11.4. The Morgan fingerprint density at radius 1 is 0.833 bits per heavy atom. The highest BCUT2D eigenvalue weighted by Crippen LogP contribution is 2.51. The van der Waals surface area contributed by atoms with Crippen molar-refractivity contribution in [1.29, 1.82) is 0 Å². The topological polar surface area (TPSA) is 0 Å². The van der Waals surface area contributed by atoms with Crippen molar-refractivity contribution < 1.29 is 8.78 Å². The molecule has 24 heavy (non-hydrogen) atoms. The molecule has 0 amide bonds. The van der Waals surface area contributed by atoms with Crippen molar-refractivity contribution in [3.8, 4) is 0 Å². The summed E-state index contributed by atoms with van der Waals surface area (Å²) in [6, 6.07) is 2.99. The third kappa shape index (κ3) is 4.43. The molecular formula is C21H38F2Si. The maximum atomic E-state index is 13.4. The van der Waals surface area contributed by atoms with Gasteiger partial charge < -0.3 is 0 Å². The highest BCUT2D eigenvalue weighted by molar-refractivity contribution is 6.80. The zero-order valence-corrected chi connectivity index (χ0v) is 17.0. The molecule has 140 valence electrons. The van der Waals surface area contributed by atoms with Gasteiger partial charge in [-0.05, 0) is 36.1 Å². The van der Waals surface area contributed by atoms with E-state index in [0.717, 1.165) is 30.2 Å². The lowest BCUT2D eigenvalue weighted by molar-refractivity contribution is -0.0529. The summed E-state index contributed by atoms with van der Waals surface area (Å²) in [5.74, 6) is 0.0524. The molecule has 2 aliphatic carbocycles. The first-order valence-corrected chi connectivity index (χ1v) is 13.8. The minimum atomic E-state index is -2.36. The van der Waals surface area contributed by atoms with Crippen LogP contribution in [0, 0.1) is 17.8 Å². The Kier molecular flexibility index (Phi) is 6.09. The van der Waals surface area contributed by atoms with Gasteiger partial charge in [0.05, 0.1) is 8.07 Å². The molecule has 0 bridgehead atoms. The van der Waals surface area contributed by atoms with Gasteiger partial charge in [-0.25, -0.2) is 8.78 Å². The van der Waals surface area contributed by atoms with Crippen molar-refractivity contribution >= 4 is 8.07 Å². The molecule has 3 heteroatoms. The molecule has 0 N–H and O–H groups in total. The summed E-state index contributed by atoms with van der Waals surface area (Å²) >= 11 is 0. The van der Waals surface area contributed by atoms with Crippen LogP contribution >= 0.6 is 0 Å². The Bertz CT molecular complexity index is 383. The summed E-state index contributed by atoms with van der Waals surface area (Å²) in [6.45, 7) is 5.01. The van der Waals surface area contributed by atoms with E-state index in [0.29, 0.717) is 5.92 Å². The van der Waals surface area contributed by atoms with Gasteiger partial charge in [-0.15, -0.1) is 0 Å². The Hall–Kier alpha value is 0.0769. The monoisotopic (exact) mass is 356 g/mol. The zero-order chi connectivity index (χ0) is 17.2. The quantitative estimate of drug-likeness (QED) is 0.453. The maximum absolute atomic E-state index is 13.4. The van der Waals surface area contributed by atoms with E-state index in [9.17, 15) is 8.78 Å². The van der Waals surface area contributed by atoms with Crippen LogP contribution in [0.4, 0.5) is 8.78 Å². The lowest BCUT2D eigenvalue weighted by Crippen LogP contribution is -2.43. The lowest BCUT2D eigenvalue weighted by atomic mass is 9.76. The van der Waals surface area contributed by atoms with Crippen molar-refractivity contribution in [3.63, 3.8) is 0 Å². The van der Waals surface area contributed by atoms with Gasteiger partial charge in [0.2, 0.25) is 5.92 Å². The van der Waals surface area contributed by atoms with Gasteiger partial charge in [0.15, 0.2) is 0 Å². The fraction of sp³-hybridized carbons (Fsp3) is 1.00. The van der Waals surface area contributed by atoms with E-state index in [2.05, 4.69) is 13.5 Å². The zero-order valence-electron chi connectivity index (χ0n) is 16.0. The molecule has 1 saturated heterocycles. The minimum Gasteiger partial charge on any atom is -0.207 e. The highest BCUT2D eigenvalue weighted by atomic mass is 28.3. The number of hydrogen-bond acceptors (Lipinski definition) is 0. The normalized spacial score (nSPS) is 41.2. The largest absolute Gasteiger partial charge is 0.248 e. The van der Waals surface area contributed by atoms with Gasteiger partial charge in [-0.2, -0.15) is 0 Å². The second kappa shape index (κ2) is 7.76. The summed E-state index contributed by atoms with van der Waals surface area (Å²) in [7, 11) is -1.07. The molecule has 3 aliphatic rings. The molecule has 0 aromatic carbocycles. The molecule has 0 spiro atoms. The fourth-order valence-electron chi connectivity index (χ4n) is 6.27. The average molecular weight is 357 g/mol. The van der Waals surface area contributed by atoms with E-state index >= 15 is 0 Å². The minimum absolute atomic E-state index is 0.157. The van der Waals surface area contributed by atoms with Crippen LogP contribution in [-0.4, -0.2) is 14.0 Å². The van der Waals surface area contributed by atoms with E-state index < -0.39 is 14.0 Å². The molecule has 2 saturated carbocycles.